The third-order valence-corrected chi connectivity index (χ3v) is 2.58. The molecule has 0 aliphatic rings. The fourth-order valence-electron chi connectivity index (χ4n) is 1.59. The lowest BCUT2D eigenvalue weighted by Gasteiger charge is -2.17. The topological polar surface area (TPSA) is 28.2 Å². The van der Waals surface area contributed by atoms with Crippen LogP contribution in [0.5, 0.6) is 0 Å². The van der Waals surface area contributed by atoms with Gasteiger partial charge in [-0.3, -0.25) is 0 Å². The summed E-state index contributed by atoms with van der Waals surface area (Å²) in [7, 11) is 2.01. The van der Waals surface area contributed by atoms with Crippen LogP contribution in [0.2, 0.25) is 0 Å². The lowest BCUT2D eigenvalue weighted by atomic mass is 10.1. The van der Waals surface area contributed by atoms with Crippen molar-refractivity contribution in [1.82, 2.24) is 10.3 Å². The van der Waals surface area contributed by atoms with Crippen molar-refractivity contribution in [2.45, 2.75) is 19.9 Å². The number of nitrogens with zero attached hydrogens (tertiary/aromatic N) is 2. The summed E-state index contributed by atoms with van der Waals surface area (Å²) < 4.78 is 0. The van der Waals surface area contributed by atoms with E-state index in [9.17, 15) is 0 Å². The predicted molar refractivity (Wildman–Crippen MR) is 69.8 cm³/mol. The first-order valence-corrected chi connectivity index (χ1v) is 5.70. The molecule has 1 rings (SSSR count). The molecule has 1 aromatic heterocycles. The van der Waals surface area contributed by atoms with Crippen LogP contribution in [0.1, 0.15) is 25.5 Å². The number of hydrogen-bond donors (Lipinski definition) is 1. The molecule has 3 nitrogen and oxygen atoms in total. The maximum absolute atomic E-state index is 4.44. The minimum absolute atomic E-state index is 0.358. The minimum atomic E-state index is 0.358. The van der Waals surface area contributed by atoms with Gasteiger partial charge in [0.25, 0.3) is 0 Å². The van der Waals surface area contributed by atoms with E-state index in [0.717, 1.165) is 18.9 Å². The van der Waals surface area contributed by atoms with Gasteiger partial charge in [0.05, 0.1) is 0 Å². The third-order valence-electron chi connectivity index (χ3n) is 2.58. The smallest absolute Gasteiger partial charge is 0.128 e. The van der Waals surface area contributed by atoms with E-state index in [0.29, 0.717) is 6.04 Å². The van der Waals surface area contributed by atoms with Crippen molar-refractivity contribution in [1.29, 1.82) is 0 Å². The third kappa shape index (κ3) is 3.35. The van der Waals surface area contributed by atoms with E-state index >= 15 is 0 Å². The monoisotopic (exact) mass is 219 g/mol. The van der Waals surface area contributed by atoms with E-state index in [1.54, 1.807) is 0 Å². The van der Waals surface area contributed by atoms with Gasteiger partial charge in [0.1, 0.15) is 5.82 Å². The largest absolute Gasteiger partial charge is 0.356 e. The average molecular weight is 219 g/mol. The van der Waals surface area contributed by atoms with Crippen LogP contribution >= 0.6 is 0 Å². The molecule has 16 heavy (non-hydrogen) atoms. The molecule has 3 heteroatoms. The number of pyridine rings is 1. The standard InChI is InChI=1S/C13H21N3/c1-5-9-16(4)13-8-7-12(10-15-13)11(3)14-6-2/h5,7-8,10-11,14H,1,6,9H2,2-4H3. The van der Waals surface area contributed by atoms with Gasteiger partial charge in [-0.15, -0.1) is 6.58 Å². The van der Waals surface area contributed by atoms with Crippen LogP contribution in [0, 0.1) is 0 Å². The molecule has 0 aliphatic carbocycles. The summed E-state index contributed by atoms with van der Waals surface area (Å²) in [5, 5.41) is 3.37. The van der Waals surface area contributed by atoms with E-state index in [-0.39, 0.29) is 0 Å². The minimum Gasteiger partial charge on any atom is -0.356 e. The van der Waals surface area contributed by atoms with Crippen LogP contribution in [0.4, 0.5) is 5.82 Å². The second-order valence-electron chi connectivity index (χ2n) is 3.90. The maximum atomic E-state index is 4.44. The Morgan fingerprint density at radius 1 is 1.56 bits per heavy atom. The van der Waals surface area contributed by atoms with Crippen molar-refractivity contribution in [2.75, 3.05) is 25.0 Å². The van der Waals surface area contributed by atoms with E-state index in [2.05, 4.69) is 41.7 Å². The zero-order valence-electron chi connectivity index (χ0n) is 10.4. The molecule has 1 unspecified atom stereocenters. The molecule has 0 amide bonds. The Bertz CT molecular complexity index is 318. The molecule has 0 bridgehead atoms. The summed E-state index contributed by atoms with van der Waals surface area (Å²) in [5.41, 5.74) is 1.22. The highest BCUT2D eigenvalue weighted by atomic mass is 15.1. The lowest BCUT2D eigenvalue weighted by molar-refractivity contribution is 0.596. The SMILES string of the molecule is C=CCN(C)c1ccc(C(C)NCC)cn1. The van der Waals surface area contributed by atoms with Gasteiger partial charge in [-0.2, -0.15) is 0 Å². The van der Waals surface area contributed by atoms with Crippen molar-refractivity contribution < 1.29 is 0 Å². The van der Waals surface area contributed by atoms with E-state index in [4.69, 9.17) is 0 Å². The molecule has 1 N–H and O–H groups in total. The van der Waals surface area contributed by atoms with Gasteiger partial charge in [-0.1, -0.05) is 19.1 Å². The Balaban J connectivity index is 2.70. The molecule has 0 fully saturated rings. The maximum Gasteiger partial charge on any atom is 0.128 e. The number of aromatic nitrogens is 1. The van der Waals surface area contributed by atoms with E-state index in [1.807, 2.05) is 25.4 Å². The Labute approximate surface area is 98.2 Å². The van der Waals surface area contributed by atoms with E-state index < -0.39 is 0 Å². The summed E-state index contributed by atoms with van der Waals surface area (Å²) in [6, 6.07) is 4.53. The molecule has 0 aromatic carbocycles. The molecule has 1 heterocycles. The van der Waals surface area contributed by atoms with Gasteiger partial charge in [0.2, 0.25) is 0 Å². The summed E-state index contributed by atoms with van der Waals surface area (Å²) in [5.74, 6) is 0.979. The van der Waals surface area contributed by atoms with Gasteiger partial charge < -0.3 is 10.2 Å². The first-order valence-electron chi connectivity index (χ1n) is 5.70. The molecule has 1 aromatic rings. The number of hydrogen-bond acceptors (Lipinski definition) is 3. The Morgan fingerprint density at radius 3 is 2.81 bits per heavy atom. The zero-order chi connectivity index (χ0) is 12.0. The highest BCUT2D eigenvalue weighted by molar-refractivity contribution is 5.39. The van der Waals surface area contributed by atoms with E-state index in [1.165, 1.54) is 5.56 Å². The highest BCUT2D eigenvalue weighted by Gasteiger charge is 2.05. The number of rotatable bonds is 6. The first-order chi connectivity index (χ1) is 7.69. The van der Waals surface area contributed by atoms with Crippen LogP contribution in [-0.2, 0) is 0 Å². The van der Waals surface area contributed by atoms with Crippen LogP contribution in [0.15, 0.2) is 31.0 Å². The van der Waals surface area contributed by atoms with Crippen molar-refractivity contribution in [3.05, 3.63) is 36.5 Å². The molecule has 1 atom stereocenters. The molecule has 0 radical (unpaired) electrons. The van der Waals surface area contributed by atoms with Gasteiger partial charge >= 0.3 is 0 Å². The Kier molecular flexibility index (Phi) is 4.99. The van der Waals surface area contributed by atoms with Gasteiger partial charge in [0.15, 0.2) is 0 Å². The lowest BCUT2D eigenvalue weighted by Crippen LogP contribution is -2.20. The van der Waals surface area contributed by atoms with Crippen LogP contribution in [0.3, 0.4) is 0 Å². The Hall–Kier alpha value is -1.35. The summed E-state index contributed by atoms with van der Waals surface area (Å²) in [6.45, 7) is 9.76. The quantitative estimate of drug-likeness (QED) is 0.745. The molecular formula is C13H21N3. The van der Waals surface area contributed by atoms with Crippen LogP contribution < -0.4 is 10.2 Å². The van der Waals surface area contributed by atoms with Crippen LogP contribution in [-0.4, -0.2) is 25.1 Å². The highest BCUT2D eigenvalue weighted by Crippen LogP contribution is 2.14. The van der Waals surface area contributed by atoms with Crippen molar-refractivity contribution in [3.63, 3.8) is 0 Å². The molecule has 0 aliphatic heterocycles. The number of likely N-dealkylation sites (N-methyl/N-ethyl adjacent to an activating group) is 1. The fourth-order valence-corrected chi connectivity index (χ4v) is 1.59. The summed E-state index contributed by atoms with van der Waals surface area (Å²) >= 11 is 0. The van der Waals surface area contributed by atoms with Crippen molar-refractivity contribution in [3.8, 4) is 0 Å². The molecule has 0 spiro atoms. The number of nitrogens with one attached hydrogen (secondary N) is 1. The second-order valence-corrected chi connectivity index (χ2v) is 3.90. The molecule has 88 valence electrons. The molecule has 0 saturated heterocycles. The molecular weight excluding hydrogens is 198 g/mol. The Morgan fingerprint density at radius 2 is 2.31 bits per heavy atom. The first kappa shape index (κ1) is 12.7. The summed E-state index contributed by atoms with van der Waals surface area (Å²) in [4.78, 5) is 6.50. The number of anilines is 1. The van der Waals surface area contributed by atoms with Gasteiger partial charge in [-0.25, -0.2) is 4.98 Å². The molecule has 0 saturated carbocycles. The predicted octanol–water partition coefficient (Wildman–Crippen LogP) is 2.37. The van der Waals surface area contributed by atoms with Gasteiger partial charge in [0, 0.05) is 25.8 Å². The summed E-state index contributed by atoms with van der Waals surface area (Å²) in [6.07, 6.45) is 3.80. The van der Waals surface area contributed by atoms with Crippen molar-refractivity contribution >= 4 is 5.82 Å². The zero-order valence-corrected chi connectivity index (χ0v) is 10.4. The normalized spacial score (nSPS) is 12.2. The average Bonchev–Trinajstić information content (AvgIpc) is 2.30. The van der Waals surface area contributed by atoms with Gasteiger partial charge in [-0.05, 0) is 25.1 Å². The van der Waals surface area contributed by atoms with Crippen LogP contribution in [0.25, 0.3) is 0 Å². The second kappa shape index (κ2) is 6.28. The van der Waals surface area contributed by atoms with Crippen molar-refractivity contribution in [2.24, 2.45) is 0 Å². The fraction of sp³-hybridized carbons (Fsp3) is 0.462.